The van der Waals surface area contributed by atoms with Gasteiger partial charge in [0.25, 0.3) is 5.22 Å². The number of thioether (sulfide) groups is 1. The average Bonchev–Trinajstić information content (AvgIpc) is 3.00. The van der Waals surface area contributed by atoms with Crippen LogP contribution in [0.5, 0.6) is 0 Å². The second-order valence-electron chi connectivity index (χ2n) is 5.63. The maximum atomic E-state index is 11.1. The van der Waals surface area contributed by atoms with Crippen molar-refractivity contribution in [1.82, 2.24) is 4.98 Å². The Bertz CT molecular complexity index is 825. The van der Waals surface area contributed by atoms with Gasteiger partial charge < -0.3 is 9.52 Å². The number of halogens is 1. The Labute approximate surface area is 154 Å². The number of rotatable bonds is 5. The molecule has 0 aliphatic carbocycles. The second kappa shape index (κ2) is 7.33. The van der Waals surface area contributed by atoms with Crippen molar-refractivity contribution in [2.75, 3.05) is 0 Å². The van der Waals surface area contributed by atoms with Gasteiger partial charge in [0.05, 0.1) is 0 Å². The lowest BCUT2D eigenvalue weighted by molar-refractivity contribution is -0.136. The van der Waals surface area contributed by atoms with Crippen LogP contribution in [0.2, 0.25) is 5.02 Å². The van der Waals surface area contributed by atoms with Gasteiger partial charge in [0, 0.05) is 16.1 Å². The van der Waals surface area contributed by atoms with Crippen LogP contribution in [0.15, 0.2) is 58.2 Å². The average molecular weight is 374 g/mol. The number of nitrogens with zero attached hydrogens (tertiary/aromatic N) is 1. The van der Waals surface area contributed by atoms with Crippen LogP contribution >= 0.6 is 23.4 Å². The summed E-state index contributed by atoms with van der Waals surface area (Å²) in [5, 5.41) is 9.43. The minimum atomic E-state index is -0.909. The molecule has 0 amide bonds. The van der Waals surface area contributed by atoms with Crippen molar-refractivity contribution < 1.29 is 14.3 Å². The summed E-state index contributed by atoms with van der Waals surface area (Å²) in [5.41, 5.74) is 3.56. The summed E-state index contributed by atoms with van der Waals surface area (Å²) in [7, 11) is 0. The van der Waals surface area contributed by atoms with Crippen molar-refractivity contribution in [3.05, 3.63) is 59.1 Å². The molecule has 0 fully saturated rings. The monoisotopic (exact) mass is 373 g/mol. The fourth-order valence-electron chi connectivity index (χ4n) is 2.26. The first-order valence-corrected chi connectivity index (χ1v) is 8.93. The van der Waals surface area contributed by atoms with Gasteiger partial charge in [0.1, 0.15) is 10.9 Å². The highest BCUT2D eigenvalue weighted by atomic mass is 35.5. The normalized spacial score (nSPS) is 12.1. The SMILES string of the molecule is Cc1ccc(-c2oc(SC(C)C(=O)O)nc2-c2ccc(Cl)cc2)cc1. The Morgan fingerprint density at radius 1 is 1.12 bits per heavy atom. The Kier molecular flexibility index (Phi) is 5.16. The van der Waals surface area contributed by atoms with E-state index in [9.17, 15) is 4.79 Å². The van der Waals surface area contributed by atoms with Gasteiger partial charge in [-0.25, -0.2) is 4.98 Å². The molecule has 128 valence electrons. The van der Waals surface area contributed by atoms with E-state index in [4.69, 9.17) is 21.1 Å². The molecule has 0 bridgehead atoms. The largest absolute Gasteiger partial charge is 0.480 e. The number of carboxylic acids is 1. The first kappa shape index (κ1) is 17.6. The lowest BCUT2D eigenvalue weighted by Crippen LogP contribution is -2.10. The van der Waals surface area contributed by atoms with Crippen LogP contribution in [-0.4, -0.2) is 21.3 Å². The van der Waals surface area contributed by atoms with E-state index in [1.807, 2.05) is 43.3 Å². The highest BCUT2D eigenvalue weighted by molar-refractivity contribution is 8.00. The van der Waals surface area contributed by atoms with E-state index >= 15 is 0 Å². The standard InChI is InChI=1S/C19H16ClNO3S/c1-11-3-5-14(6-4-11)17-16(13-7-9-15(20)10-8-13)21-19(24-17)25-12(2)18(22)23/h3-10,12H,1-2H3,(H,22,23). The van der Waals surface area contributed by atoms with E-state index < -0.39 is 11.2 Å². The number of hydrogen-bond donors (Lipinski definition) is 1. The molecule has 0 aliphatic rings. The number of aromatic nitrogens is 1. The van der Waals surface area contributed by atoms with Crippen molar-refractivity contribution in [3.8, 4) is 22.6 Å². The summed E-state index contributed by atoms with van der Waals surface area (Å²) in [4.78, 5) is 15.6. The minimum Gasteiger partial charge on any atom is -0.480 e. The maximum absolute atomic E-state index is 11.1. The number of carboxylic acid groups (broad SMARTS) is 1. The van der Waals surface area contributed by atoms with Crippen molar-refractivity contribution in [1.29, 1.82) is 0 Å². The molecule has 4 nitrogen and oxygen atoms in total. The van der Waals surface area contributed by atoms with Gasteiger partial charge in [-0.05, 0) is 26.0 Å². The molecular formula is C19H16ClNO3S. The predicted octanol–water partition coefficient (Wildman–Crippen LogP) is 5.54. The van der Waals surface area contributed by atoms with Gasteiger partial charge in [-0.2, -0.15) is 0 Å². The lowest BCUT2D eigenvalue weighted by Gasteiger charge is -2.02. The van der Waals surface area contributed by atoms with E-state index in [0.29, 0.717) is 21.7 Å². The number of benzene rings is 2. The number of aliphatic carboxylic acids is 1. The van der Waals surface area contributed by atoms with Gasteiger partial charge in [0.2, 0.25) is 0 Å². The topological polar surface area (TPSA) is 63.3 Å². The van der Waals surface area contributed by atoms with E-state index in [2.05, 4.69) is 4.98 Å². The predicted molar refractivity (Wildman–Crippen MR) is 100 cm³/mol. The molecule has 0 spiro atoms. The molecule has 6 heteroatoms. The number of oxazole rings is 1. The van der Waals surface area contributed by atoms with Crippen LogP contribution in [0, 0.1) is 6.92 Å². The Hall–Kier alpha value is -2.24. The minimum absolute atomic E-state index is 0.329. The molecule has 1 aromatic heterocycles. The van der Waals surface area contributed by atoms with Crippen LogP contribution in [0.25, 0.3) is 22.6 Å². The molecule has 1 heterocycles. The molecule has 3 rings (SSSR count). The Balaban J connectivity index is 2.07. The molecule has 0 saturated heterocycles. The third-order valence-electron chi connectivity index (χ3n) is 3.66. The van der Waals surface area contributed by atoms with Crippen LogP contribution in [0.3, 0.4) is 0 Å². The van der Waals surface area contributed by atoms with Crippen LogP contribution in [0.1, 0.15) is 12.5 Å². The van der Waals surface area contributed by atoms with Crippen molar-refractivity contribution in [2.45, 2.75) is 24.3 Å². The fraction of sp³-hybridized carbons (Fsp3) is 0.158. The van der Waals surface area contributed by atoms with E-state index in [1.165, 1.54) is 0 Å². The summed E-state index contributed by atoms with van der Waals surface area (Å²) in [6, 6.07) is 15.2. The van der Waals surface area contributed by atoms with Gasteiger partial charge >= 0.3 is 5.97 Å². The molecule has 0 saturated carbocycles. The summed E-state index contributed by atoms with van der Waals surface area (Å²) in [6.07, 6.45) is 0. The fourth-order valence-corrected chi connectivity index (χ4v) is 3.06. The van der Waals surface area contributed by atoms with Crippen LogP contribution < -0.4 is 0 Å². The Morgan fingerprint density at radius 3 is 2.32 bits per heavy atom. The van der Waals surface area contributed by atoms with E-state index in [0.717, 1.165) is 28.5 Å². The van der Waals surface area contributed by atoms with Crippen LogP contribution in [0.4, 0.5) is 0 Å². The molecular weight excluding hydrogens is 358 g/mol. The van der Waals surface area contributed by atoms with Crippen LogP contribution in [-0.2, 0) is 4.79 Å². The molecule has 1 atom stereocenters. The van der Waals surface area contributed by atoms with Crippen molar-refractivity contribution >= 4 is 29.3 Å². The molecule has 25 heavy (non-hydrogen) atoms. The van der Waals surface area contributed by atoms with E-state index in [-0.39, 0.29) is 0 Å². The first-order valence-electron chi connectivity index (χ1n) is 7.67. The summed E-state index contributed by atoms with van der Waals surface area (Å²) in [5.74, 6) is -0.296. The van der Waals surface area contributed by atoms with Crippen molar-refractivity contribution in [3.63, 3.8) is 0 Å². The molecule has 3 aromatic rings. The number of aryl methyl sites for hydroxylation is 1. The lowest BCUT2D eigenvalue weighted by atomic mass is 10.0. The number of carbonyl (C=O) groups is 1. The quantitative estimate of drug-likeness (QED) is 0.595. The third-order valence-corrected chi connectivity index (χ3v) is 4.85. The van der Waals surface area contributed by atoms with E-state index in [1.54, 1.807) is 19.1 Å². The Morgan fingerprint density at radius 2 is 1.72 bits per heavy atom. The third kappa shape index (κ3) is 4.06. The number of hydrogen-bond acceptors (Lipinski definition) is 4. The van der Waals surface area contributed by atoms with Gasteiger partial charge in [0.15, 0.2) is 5.76 Å². The molecule has 1 N–H and O–H groups in total. The van der Waals surface area contributed by atoms with Gasteiger partial charge in [-0.15, -0.1) is 0 Å². The maximum Gasteiger partial charge on any atom is 0.316 e. The zero-order valence-corrected chi connectivity index (χ0v) is 15.3. The molecule has 2 aromatic carbocycles. The zero-order valence-electron chi connectivity index (χ0n) is 13.7. The molecule has 0 radical (unpaired) electrons. The van der Waals surface area contributed by atoms with Crippen molar-refractivity contribution in [2.24, 2.45) is 0 Å². The van der Waals surface area contributed by atoms with Gasteiger partial charge in [-0.1, -0.05) is 65.3 Å². The van der Waals surface area contributed by atoms with Gasteiger partial charge in [-0.3, -0.25) is 4.79 Å². The highest BCUT2D eigenvalue weighted by Gasteiger charge is 2.21. The molecule has 0 aliphatic heterocycles. The molecule has 1 unspecified atom stereocenters. The smallest absolute Gasteiger partial charge is 0.316 e. The summed E-state index contributed by atoms with van der Waals surface area (Å²) >= 11 is 7.05. The highest BCUT2D eigenvalue weighted by Crippen LogP contribution is 2.37. The first-order chi connectivity index (χ1) is 11.9. The summed E-state index contributed by atoms with van der Waals surface area (Å²) < 4.78 is 5.90. The zero-order chi connectivity index (χ0) is 18.0. The summed E-state index contributed by atoms with van der Waals surface area (Å²) in [6.45, 7) is 3.62. The second-order valence-corrected chi connectivity index (χ2v) is 7.36.